The predicted molar refractivity (Wildman–Crippen MR) is 99.9 cm³/mol. The van der Waals surface area contributed by atoms with Crippen molar-refractivity contribution in [3.05, 3.63) is 69.4 Å². The van der Waals surface area contributed by atoms with Gasteiger partial charge in [-0.05, 0) is 25.1 Å². The molecule has 1 unspecified atom stereocenters. The van der Waals surface area contributed by atoms with Crippen LogP contribution < -0.4 is 5.32 Å². The highest BCUT2D eigenvalue weighted by Gasteiger charge is 2.23. The lowest BCUT2D eigenvalue weighted by Crippen LogP contribution is -2.30. The number of hydrogen-bond acceptors (Lipinski definition) is 5. The Hall–Kier alpha value is -3.39. The van der Waals surface area contributed by atoms with Crippen molar-refractivity contribution in [3.63, 3.8) is 0 Å². The number of nitro benzene ring substituents is 1. The quantitative estimate of drug-likeness (QED) is 0.391. The Labute approximate surface area is 158 Å². The minimum Gasteiger partial charge on any atom is -0.448 e. The average Bonchev–Trinajstić information content (AvgIpc) is 2.99. The molecule has 3 rings (SSSR count). The van der Waals surface area contributed by atoms with Gasteiger partial charge in [0.15, 0.2) is 6.10 Å². The van der Waals surface area contributed by atoms with Crippen molar-refractivity contribution in [1.82, 2.24) is 4.98 Å². The number of hydrogen-bond donors (Lipinski definition) is 2. The molecular weight excluding hydrogens is 374 g/mol. The number of aromatic amines is 1. The molecule has 1 heterocycles. The summed E-state index contributed by atoms with van der Waals surface area (Å²) in [7, 11) is 0. The van der Waals surface area contributed by atoms with Crippen molar-refractivity contribution in [2.24, 2.45) is 0 Å². The molecule has 8 nitrogen and oxygen atoms in total. The molecule has 27 heavy (non-hydrogen) atoms. The number of amides is 1. The summed E-state index contributed by atoms with van der Waals surface area (Å²) in [4.78, 5) is 37.5. The summed E-state index contributed by atoms with van der Waals surface area (Å²) < 4.78 is 5.17. The van der Waals surface area contributed by atoms with Gasteiger partial charge in [-0.2, -0.15) is 0 Å². The SMILES string of the molecule is CC(OC(=O)c1[nH]c2ccccc2c1Cl)C(=O)Nc1ccc([N+](=O)[O-])cc1. The molecule has 0 aliphatic heterocycles. The first-order valence-electron chi connectivity index (χ1n) is 7.89. The van der Waals surface area contributed by atoms with Crippen LogP contribution in [0.1, 0.15) is 17.4 Å². The van der Waals surface area contributed by atoms with E-state index >= 15 is 0 Å². The molecule has 9 heteroatoms. The van der Waals surface area contributed by atoms with E-state index < -0.39 is 22.9 Å². The Bertz CT molecular complexity index is 1030. The Balaban J connectivity index is 1.67. The topological polar surface area (TPSA) is 114 Å². The lowest BCUT2D eigenvalue weighted by molar-refractivity contribution is -0.384. The average molecular weight is 388 g/mol. The number of non-ortho nitro benzene ring substituents is 1. The summed E-state index contributed by atoms with van der Waals surface area (Å²) in [6, 6.07) is 12.4. The summed E-state index contributed by atoms with van der Waals surface area (Å²) in [6.45, 7) is 1.41. The molecule has 2 aromatic carbocycles. The first-order chi connectivity index (χ1) is 12.9. The number of ether oxygens (including phenoxy) is 1. The van der Waals surface area contributed by atoms with Gasteiger partial charge < -0.3 is 15.0 Å². The summed E-state index contributed by atoms with van der Waals surface area (Å²) >= 11 is 6.20. The van der Waals surface area contributed by atoms with Gasteiger partial charge in [0.25, 0.3) is 11.6 Å². The fourth-order valence-corrected chi connectivity index (χ4v) is 2.72. The number of esters is 1. The largest absolute Gasteiger partial charge is 0.448 e. The van der Waals surface area contributed by atoms with E-state index in [0.29, 0.717) is 16.6 Å². The molecule has 1 aromatic heterocycles. The van der Waals surface area contributed by atoms with Gasteiger partial charge >= 0.3 is 5.97 Å². The molecule has 1 amide bonds. The molecule has 3 aromatic rings. The number of fused-ring (bicyclic) bond motifs is 1. The molecule has 2 N–H and O–H groups in total. The van der Waals surface area contributed by atoms with Gasteiger partial charge in [0.05, 0.1) is 9.95 Å². The highest BCUT2D eigenvalue weighted by Crippen LogP contribution is 2.28. The number of para-hydroxylation sites is 1. The van der Waals surface area contributed by atoms with Crippen LogP contribution in [0.15, 0.2) is 48.5 Å². The Morgan fingerprint density at radius 2 is 1.85 bits per heavy atom. The molecule has 0 bridgehead atoms. The molecular formula is C18H14ClN3O5. The summed E-state index contributed by atoms with van der Waals surface area (Å²) in [5.74, 6) is -1.34. The number of H-pyrrole nitrogens is 1. The van der Waals surface area contributed by atoms with E-state index in [2.05, 4.69) is 10.3 Å². The van der Waals surface area contributed by atoms with E-state index in [1.54, 1.807) is 24.3 Å². The molecule has 138 valence electrons. The minimum atomic E-state index is -1.10. The summed E-state index contributed by atoms with van der Waals surface area (Å²) in [5, 5.41) is 14.1. The molecule has 0 spiro atoms. The number of benzene rings is 2. The van der Waals surface area contributed by atoms with Gasteiger partial charge in [0.2, 0.25) is 0 Å². The lowest BCUT2D eigenvalue weighted by Gasteiger charge is -2.13. The van der Waals surface area contributed by atoms with E-state index in [1.807, 2.05) is 0 Å². The lowest BCUT2D eigenvalue weighted by atomic mass is 10.2. The number of rotatable bonds is 5. The van der Waals surface area contributed by atoms with Crippen molar-refractivity contribution in [3.8, 4) is 0 Å². The normalized spacial score (nSPS) is 11.8. The maximum atomic E-state index is 12.3. The smallest absolute Gasteiger partial charge is 0.357 e. The van der Waals surface area contributed by atoms with E-state index in [4.69, 9.17) is 16.3 Å². The third-order valence-corrected chi connectivity index (χ3v) is 4.24. The number of anilines is 1. The number of aromatic nitrogens is 1. The van der Waals surface area contributed by atoms with Gasteiger partial charge in [-0.3, -0.25) is 14.9 Å². The molecule has 0 saturated heterocycles. The van der Waals surface area contributed by atoms with Crippen LogP contribution in [0.4, 0.5) is 11.4 Å². The number of carbonyl (C=O) groups excluding carboxylic acids is 2. The van der Waals surface area contributed by atoms with Crippen molar-refractivity contribution in [2.75, 3.05) is 5.32 Å². The zero-order valence-electron chi connectivity index (χ0n) is 14.1. The minimum absolute atomic E-state index is 0.0628. The number of nitrogens with one attached hydrogen (secondary N) is 2. The number of carbonyl (C=O) groups is 2. The maximum Gasteiger partial charge on any atom is 0.357 e. The second kappa shape index (κ2) is 7.46. The fraction of sp³-hybridized carbons (Fsp3) is 0.111. The molecule has 0 radical (unpaired) electrons. The predicted octanol–water partition coefficient (Wildman–Crippen LogP) is 3.91. The van der Waals surface area contributed by atoms with Crippen LogP contribution in [0.25, 0.3) is 10.9 Å². The Kier molecular flexibility index (Phi) is 5.09. The van der Waals surface area contributed by atoms with Gasteiger partial charge in [0.1, 0.15) is 5.69 Å². The Morgan fingerprint density at radius 1 is 1.19 bits per heavy atom. The summed E-state index contributed by atoms with van der Waals surface area (Å²) in [6.07, 6.45) is -1.10. The van der Waals surface area contributed by atoms with Crippen molar-refractivity contribution < 1.29 is 19.2 Å². The molecule has 0 saturated carbocycles. The summed E-state index contributed by atoms with van der Waals surface area (Å²) in [5.41, 5.74) is 0.989. The van der Waals surface area contributed by atoms with Crippen molar-refractivity contribution >= 4 is 45.8 Å². The molecule has 0 aliphatic rings. The zero-order valence-corrected chi connectivity index (χ0v) is 14.8. The van der Waals surface area contributed by atoms with E-state index in [9.17, 15) is 19.7 Å². The third-order valence-electron chi connectivity index (χ3n) is 3.85. The second-order valence-electron chi connectivity index (χ2n) is 5.70. The Morgan fingerprint density at radius 3 is 2.48 bits per heavy atom. The van der Waals surface area contributed by atoms with Crippen LogP contribution in [0.5, 0.6) is 0 Å². The van der Waals surface area contributed by atoms with Crippen LogP contribution >= 0.6 is 11.6 Å². The van der Waals surface area contributed by atoms with Crippen LogP contribution in [0, 0.1) is 10.1 Å². The highest BCUT2D eigenvalue weighted by molar-refractivity contribution is 6.38. The number of nitrogens with zero attached hydrogens (tertiary/aromatic N) is 1. The van der Waals surface area contributed by atoms with Gasteiger partial charge in [0, 0.05) is 28.7 Å². The van der Waals surface area contributed by atoms with Gasteiger partial charge in [-0.25, -0.2) is 4.79 Å². The van der Waals surface area contributed by atoms with Crippen LogP contribution in [-0.2, 0) is 9.53 Å². The molecule has 0 aliphatic carbocycles. The fourth-order valence-electron chi connectivity index (χ4n) is 2.43. The van der Waals surface area contributed by atoms with E-state index in [-0.39, 0.29) is 16.4 Å². The van der Waals surface area contributed by atoms with Crippen molar-refractivity contribution in [2.45, 2.75) is 13.0 Å². The number of nitro groups is 1. The monoisotopic (exact) mass is 387 g/mol. The second-order valence-corrected chi connectivity index (χ2v) is 6.08. The first-order valence-corrected chi connectivity index (χ1v) is 8.27. The molecule has 0 fully saturated rings. The van der Waals surface area contributed by atoms with Crippen LogP contribution in [0.3, 0.4) is 0 Å². The first kappa shape index (κ1) is 18.4. The standard InChI is InChI=1S/C18H14ClN3O5/c1-10(17(23)20-11-6-8-12(9-7-11)22(25)26)27-18(24)16-15(19)13-4-2-3-5-14(13)21-16/h2-10,21H,1H3,(H,20,23). The zero-order chi connectivity index (χ0) is 19.6. The van der Waals surface area contributed by atoms with Gasteiger partial charge in [-0.1, -0.05) is 29.8 Å². The van der Waals surface area contributed by atoms with Crippen molar-refractivity contribution in [1.29, 1.82) is 0 Å². The van der Waals surface area contributed by atoms with Gasteiger partial charge in [-0.15, -0.1) is 0 Å². The molecule has 1 atom stereocenters. The third kappa shape index (κ3) is 3.90. The van der Waals surface area contributed by atoms with Crippen LogP contribution in [0.2, 0.25) is 5.02 Å². The number of halogens is 1. The van der Waals surface area contributed by atoms with E-state index in [1.165, 1.54) is 31.2 Å². The van der Waals surface area contributed by atoms with E-state index in [0.717, 1.165) is 0 Å². The highest BCUT2D eigenvalue weighted by atomic mass is 35.5. The van der Waals surface area contributed by atoms with Crippen LogP contribution in [-0.4, -0.2) is 27.9 Å². The maximum absolute atomic E-state index is 12.3.